The van der Waals surface area contributed by atoms with Crippen LogP contribution in [0.5, 0.6) is 0 Å². The molecule has 0 unspecified atom stereocenters. The van der Waals surface area contributed by atoms with E-state index >= 15 is 0 Å². The Morgan fingerprint density at radius 3 is 2.10 bits per heavy atom. The van der Waals surface area contributed by atoms with Crippen LogP contribution in [-0.4, -0.2) is 14.0 Å². The molecule has 1 aromatic carbocycles. The van der Waals surface area contributed by atoms with Gasteiger partial charge in [-0.25, -0.2) is 13.1 Å². The van der Waals surface area contributed by atoms with Gasteiger partial charge in [-0.15, -0.1) is 0 Å². The number of halogens is 2. The molecule has 0 saturated heterocycles. The molecule has 7 heteroatoms. The summed E-state index contributed by atoms with van der Waals surface area (Å²) < 4.78 is 29.2. The van der Waals surface area contributed by atoms with Crippen LogP contribution >= 0.6 is 31.9 Å². The molecule has 0 radical (unpaired) electrons. The molecule has 1 aromatic rings. The number of nitrogen functional groups attached to an aromatic ring is 1. The summed E-state index contributed by atoms with van der Waals surface area (Å²) in [6, 6.07) is 3.25. The summed E-state index contributed by atoms with van der Waals surface area (Å²) >= 11 is 6.56. The smallest absolute Gasteiger partial charge is 0.244 e. The lowest BCUT2D eigenvalue weighted by molar-refractivity contribution is 0.269. The topological polar surface area (TPSA) is 72.2 Å². The molecule has 120 valence electrons. The Labute approximate surface area is 144 Å². The highest BCUT2D eigenvalue weighted by molar-refractivity contribution is 9.11. The van der Waals surface area contributed by atoms with Gasteiger partial charge in [-0.3, -0.25) is 0 Å². The van der Waals surface area contributed by atoms with Gasteiger partial charge in [-0.1, -0.05) is 36.7 Å². The Balaban J connectivity index is 3.19. The number of hydrogen-bond donors (Lipinski definition) is 2. The molecule has 0 amide bonds. The zero-order valence-electron chi connectivity index (χ0n) is 12.9. The van der Waals surface area contributed by atoms with E-state index in [1.165, 1.54) is 0 Å². The third-order valence-corrected chi connectivity index (χ3v) is 5.85. The number of sulfonamides is 1. The van der Waals surface area contributed by atoms with Crippen LogP contribution in [0.25, 0.3) is 0 Å². The van der Waals surface area contributed by atoms with Gasteiger partial charge in [0, 0.05) is 14.5 Å². The van der Waals surface area contributed by atoms with Crippen LogP contribution in [0.3, 0.4) is 0 Å². The van der Waals surface area contributed by atoms with Crippen LogP contribution in [0.15, 0.2) is 26.0 Å². The molecular weight excluding hydrogens is 420 g/mol. The molecule has 0 aliphatic rings. The van der Waals surface area contributed by atoms with Gasteiger partial charge in [-0.2, -0.15) is 0 Å². The van der Waals surface area contributed by atoms with E-state index in [1.54, 1.807) is 12.1 Å². The number of nitrogens with two attached hydrogens (primary N) is 1. The zero-order chi connectivity index (χ0) is 16.6. The lowest BCUT2D eigenvalue weighted by Gasteiger charge is -2.33. The second kappa shape index (κ2) is 6.18. The summed E-state index contributed by atoms with van der Waals surface area (Å²) in [7, 11) is -3.71. The van der Waals surface area contributed by atoms with Crippen molar-refractivity contribution in [2.45, 2.75) is 51.5 Å². The quantitative estimate of drug-likeness (QED) is 0.684. The normalized spacial score (nSPS) is 13.5. The zero-order valence-corrected chi connectivity index (χ0v) is 16.9. The lowest BCUT2D eigenvalue weighted by atomic mass is 9.82. The molecule has 0 fully saturated rings. The van der Waals surface area contributed by atoms with E-state index < -0.39 is 15.6 Å². The van der Waals surface area contributed by atoms with Crippen molar-refractivity contribution in [3.8, 4) is 0 Å². The molecular formula is C14H22Br2N2O2S. The minimum atomic E-state index is -3.71. The Morgan fingerprint density at radius 2 is 1.67 bits per heavy atom. The van der Waals surface area contributed by atoms with Crippen molar-refractivity contribution in [3.63, 3.8) is 0 Å². The number of nitrogens with one attached hydrogen (secondary N) is 1. The predicted molar refractivity (Wildman–Crippen MR) is 94.7 cm³/mol. The molecule has 21 heavy (non-hydrogen) atoms. The first-order valence-corrected chi connectivity index (χ1v) is 9.59. The standard InChI is InChI=1S/C14H22Br2N2O2S/c1-13(2,3)8-14(4,5)18-21(19,20)12-10(16)6-9(15)7-11(12)17/h6-7,18H,8,17H2,1-5H3. The molecule has 3 N–H and O–H groups in total. The fraction of sp³-hybridized carbons (Fsp3) is 0.571. The van der Waals surface area contributed by atoms with Crippen LogP contribution < -0.4 is 10.5 Å². The molecule has 0 bridgehead atoms. The molecule has 0 saturated carbocycles. The van der Waals surface area contributed by atoms with Crippen molar-refractivity contribution in [1.82, 2.24) is 4.72 Å². The fourth-order valence-electron chi connectivity index (χ4n) is 2.64. The Hall–Kier alpha value is -0.110. The Morgan fingerprint density at radius 1 is 1.14 bits per heavy atom. The Bertz CT molecular complexity index is 612. The van der Waals surface area contributed by atoms with Crippen LogP contribution in [0.4, 0.5) is 5.69 Å². The fourth-order valence-corrected chi connectivity index (χ4v) is 6.12. The van der Waals surface area contributed by atoms with Gasteiger partial charge in [0.2, 0.25) is 10.0 Å². The van der Waals surface area contributed by atoms with Crippen LogP contribution in [-0.2, 0) is 10.0 Å². The third-order valence-electron chi connectivity index (χ3n) is 2.69. The van der Waals surface area contributed by atoms with Crippen molar-refractivity contribution in [2.24, 2.45) is 5.41 Å². The summed E-state index contributed by atoms with van der Waals surface area (Å²) in [6.07, 6.45) is 0.702. The maximum Gasteiger partial charge on any atom is 0.244 e. The van der Waals surface area contributed by atoms with E-state index in [0.717, 1.165) is 4.47 Å². The monoisotopic (exact) mass is 440 g/mol. The van der Waals surface area contributed by atoms with E-state index in [2.05, 4.69) is 57.4 Å². The molecule has 1 rings (SSSR count). The summed E-state index contributed by atoms with van der Waals surface area (Å²) in [5, 5.41) is 0. The number of anilines is 1. The van der Waals surface area contributed by atoms with E-state index in [4.69, 9.17) is 5.73 Å². The summed E-state index contributed by atoms with van der Waals surface area (Å²) in [5.74, 6) is 0. The van der Waals surface area contributed by atoms with Crippen molar-refractivity contribution >= 4 is 47.6 Å². The van der Waals surface area contributed by atoms with Gasteiger partial charge in [-0.05, 0) is 53.7 Å². The van der Waals surface area contributed by atoms with Crippen molar-refractivity contribution in [3.05, 3.63) is 21.1 Å². The van der Waals surface area contributed by atoms with E-state index in [1.807, 2.05) is 13.8 Å². The molecule has 4 nitrogen and oxygen atoms in total. The molecule has 0 aromatic heterocycles. The molecule has 0 spiro atoms. The summed E-state index contributed by atoms with van der Waals surface area (Å²) in [5.41, 5.74) is 5.51. The summed E-state index contributed by atoms with van der Waals surface area (Å²) in [6.45, 7) is 9.98. The van der Waals surface area contributed by atoms with Gasteiger partial charge in [0.15, 0.2) is 0 Å². The van der Waals surface area contributed by atoms with Gasteiger partial charge in [0.25, 0.3) is 0 Å². The van der Waals surface area contributed by atoms with Crippen LogP contribution in [0.1, 0.15) is 41.0 Å². The number of benzene rings is 1. The third kappa shape index (κ3) is 5.54. The maximum atomic E-state index is 12.7. The highest BCUT2D eigenvalue weighted by Crippen LogP contribution is 2.34. The highest BCUT2D eigenvalue weighted by Gasteiger charge is 2.32. The first kappa shape index (κ1) is 18.9. The highest BCUT2D eigenvalue weighted by atomic mass is 79.9. The largest absolute Gasteiger partial charge is 0.398 e. The van der Waals surface area contributed by atoms with Gasteiger partial charge < -0.3 is 5.73 Å². The summed E-state index contributed by atoms with van der Waals surface area (Å²) in [4.78, 5) is 0.0766. The van der Waals surface area contributed by atoms with Crippen LogP contribution in [0.2, 0.25) is 0 Å². The molecule has 0 aliphatic carbocycles. The average molecular weight is 442 g/mol. The van der Waals surface area contributed by atoms with E-state index in [-0.39, 0.29) is 16.0 Å². The average Bonchev–Trinajstić information content (AvgIpc) is 2.06. The number of rotatable bonds is 4. The molecule has 0 aliphatic heterocycles. The second-order valence-electron chi connectivity index (χ2n) is 7.03. The molecule has 0 atom stereocenters. The van der Waals surface area contributed by atoms with E-state index in [9.17, 15) is 8.42 Å². The predicted octanol–water partition coefficient (Wildman–Crippen LogP) is 4.29. The SMILES string of the molecule is CC(C)(C)CC(C)(C)NS(=O)(=O)c1c(N)cc(Br)cc1Br. The maximum absolute atomic E-state index is 12.7. The van der Waals surface area contributed by atoms with Crippen molar-refractivity contribution < 1.29 is 8.42 Å². The van der Waals surface area contributed by atoms with Gasteiger partial charge in [0.1, 0.15) is 4.90 Å². The van der Waals surface area contributed by atoms with Crippen molar-refractivity contribution in [2.75, 3.05) is 5.73 Å². The second-order valence-corrected chi connectivity index (χ2v) is 10.4. The van der Waals surface area contributed by atoms with Crippen LogP contribution in [0, 0.1) is 5.41 Å². The van der Waals surface area contributed by atoms with Crippen molar-refractivity contribution in [1.29, 1.82) is 0 Å². The van der Waals surface area contributed by atoms with Gasteiger partial charge in [0.05, 0.1) is 5.69 Å². The van der Waals surface area contributed by atoms with Gasteiger partial charge >= 0.3 is 0 Å². The number of hydrogen-bond acceptors (Lipinski definition) is 3. The van der Waals surface area contributed by atoms with E-state index in [0.29, 0.717) is 10.9 Å². The Kier molecular flexibility index (Phi) is 5.57. The minimum absolute atomic E-state index is 0.00845. The minimum Gasteiger partial charge on any atom is -0.398 e. The first-order valence-electron chi connectivity index (χ1n) is 6.52. The lowest BCUT2D eigenvalue weighted by Crippen LogP contribution is -2.45. The molecule has 0 heterocycles. The first-order chi connectivity index (χ1) is 9.23.